The van der Waals surface area contributed by atoms with Crippen LogP contribution in [0.2, 0.25) is 0 Å². The van der Waals surface area contributed by atoms with Crippen molar-refractivity contribution in [3.05, 3.63) is 0 Å². The van der Waals surface area contributed by atoms with E-state index in [0.717, 1.165) is 18.5 Å². The van der Waals surface area contributed by atoms with Crippen LogP contribution in [-0.4, -0.2) is 30.6 Å². The first-order valence-electron chi connectivity index (χ1n) is 5.34. The van der Waals surface area contributed by atoms with Crippen molar-refractivity contribution in [3.8, 4) is 0 Å². The Hall–Kier alpha value is -0.0800. The largest absolute Gasteiger partial charge is 0.330 e. The number of hydrogen-bond donors (Lipinski definition) is 1. The number of likely N-dealkylation sites (tertiary alicyclic amines) is 1. The van der Waals surface area contributed by atoms with Gasteiger partial charge in [-0.1, -0.05) is 0 Å². The molecule has 70 valence electrons. The fraction of sp³-hybridized carbons (Fsp3) is 1.00. The summed E-state index contributed by atoms with van der Waals surface area (Å²) in [5.74, 6) is 0.829. The van der Waals surface area contributed by atoms with Gasteiger partial charge in [0, 0.05) is 6.04 Å². The third-order valence-electron chi connectivity index (χ3n) is 3.50. The van der Waals surface area contributed by atoms with Crippen LogP contribution in [0.25, 0.3) is 0 Å². The Morgan fingerprint density at radius 3 is 2.50 bits per heavy atom. The van der Waals surface area contributed by atoms with Crippen molar-refractivity contribution in [2.45, 2.75) is 38.1 Å². The molecule has 2 N–H and O–H groups in total. The second-order valence-electron chi connectivity index (χ2n) is 4.31. The maximum Gasteiger partial charge on any atom is 0.00984 e. The van der Waals surface area contributed by atoms with Gasteiger partial charge < -0.3 is 10.6 Å². The van der Waals surface area contributed by atoms with E-state index < -0.39 is 0 Å². The molecule has 1 saturated carbocycles. The summed E-state index contributed by atoms with van der Waals surface area (Å²) in [5, 5.41) is 0. The summed E-state index contributed by atoms with van der Waals surface area (Å²) in [6.45, 7) is 3.61. The van der Waals surface area contributed by atoms with Gasteiger partial charge in [0.15, 0.2) is 0 Å². The Bertz CT molecular complexity index is 141. The third kappa shape index (κ3) is 1.64. The highest BCUT2D eigenvalue weighted by molar-refractivity contribution is 4.85. The van der Waals surface area contributed by atoms with E-state index in [1.54, 1.807) is 0 Å². The molecule has 0 aromatic rings. The smallest absolute Gasteiger partial charge is 0.00984 e. The molecule has 12 heavy (non-hydrogen) atoms. The van der Waals surface area contributed by atoms with E-state index in [1.165, 1.54) is 45.2 Å². The molecule has 0 aromatic carbocycles. The van der Waals surface area contributed by atoms with E-state index in [2.05, 4.69) is 4.90 Å². The number of rotatable bonds is 2. The molecule has 2 rings (SSSR count). The van der Waals surface area contributed by atoms with Crippen molar-refractivity contribution >= 4 is 0 Å². The molecule has 1 heterocycles. The quantitative estimate of drug-likeness (QED) is 0.671. The van der Waals surface area contributed by atoms with Crippen molar-refractivity contribution in [3.63, 3.8) is 0 Å². The standard InChI is InChI=1S/C10H20N2/c11-8-9-3-4-10(7-9)12-5-1-2-6-12/h9-10H,1-8,11H2. The predicted octanol–water partition coefficient (Wildman–Crippen LogP) is 1.21. The Kier molecular flexibility index (Phi) is 2.66. The lowest BCUT2D eigenvalue weighted by atomic mass is 10.1. The van der Waals surface area contributed by atoms with Gasteiger partial charge in [-0.15, -0.1) is 0 Å². The lowest BCUT2D eigenvalue weighted by molar-refractivity contribution is 0.241. The molecule has 0 amide bonds. The number of nitrogens with two attached hydrogens (primary N) is 1. The Labute approximate surface area is 75.1 Å². The van der Waals surface area contributed by atoms with Crippen LogP contribution in [0.3, 0.4) is 0 Å². The van der Waals surface area contributed by atoms with Gasteiger partial charge in [-0.25, -0.2) is 0 Å². The summed E-state index contributed by atoms with van der Waals surface area (Å²) < 4.78 is 0. The molecule has 0 aromatic heterocycles. The minimum absolute atomic E-state index is 0.829. The molecule has 2 fully saturated rings. The molecule has 2 atom stereocenters. The van der Waals surface area contributed by atoms with E-state index in [0.29, 0.717) is 0 Å². The first-order chi connectivity index (χ1) is 5.90. The van der Waals surface area contributed by atoms with Gasteiger partial charge in [-0.05, 0) is 57.7 Å². The van der Waals surface area contributed by atoms with Crippen LogP contribution in [0.15, 0.2) is 0 Å². The highest BCUT2D eigenvalue weighted by atomic mass is 15.2. The van der Waals surface area contributed by atoms with Gasteiger partial charge in [0.25, 0.3) is 0 Å². The maximum atomic E-state index is 5.68. The summed E-state index contributed by atoms with van der Waals surface area (Å²) in [7, 11) is 0. The summed E-state index contributed by atoms with van der Waals surface area (Å²) in [5.41, 5.74) is 5.68. The van der Waals surface area contributed by atoms with Crippen LogP contribution in [0.4, 0.5) is 0 Å². The zero-order valence-electron chi connectivity index (χ0n) is 7.84. The van der Waals surface area contributed by atoms with E-state index in [-0.39, 0.29) is 0 Å². The Morgan fingerprint density at radius 1 is 1.17 bits per heavy atom. The first kappa shape index (κ1) is 8.52. The Balaban J connectivity index is 1.81. The maximum absolute atomic E-state index is 5.68. The normalized spacial score (nSPS) is 37.8. The molecule has 0 spiro atoms. The number of hydrogen-bond acceptors (Lipinski definition) is 2. The van der Waals surface area contributed by atoms with Gasteiger partial charge in [-0.2, -0.15) is 0 Å². The fourth-order valence-corrected chi connectivity index (χ4v) is 2.70. The minimum atomic E-state index is 0.829. The fourth-order valence-electron chi connectivity index (χ4n) is 2.70. The van der Waals surface area contributed by atoms with Crippen molar-refractivity contribution in [2.24, 2.45) is 11.7 Å². The van der Waals surface area contributed by atoms with Crippen LogP contribution in [0.5, 0.6) is 0 Å². The average Bonchev–Trinajstić information content (AvgIpc) is 2.75. The van der Waals surface area contributed by atoms with Crippen LogP contribution in [0, 0.1) is 5.92 Å². The highest BCUT2D eigenvalue weighted by Crippen LogP contribution is 2.30. The molecule has 1 saturated heterocycles. The topological polar surface area (TPSA) is 29.3 Å². The second kappa shape index (κ2) is 3.75. The summed E-state index contributed by atoms with van der Waals surface area (Å²) in [6, 6.07) is 0.890. The van der Waals surface area contributed by atoms with E-state index >= 15 is 0 Å². The molecule has 0 bridgehead atoms. The van der Waals surface area contributed by atoms with Gasteiger partial charge in [0.1, 0.15) is 0 Å². The zero-order chi connectivity index (χ0) is 8.39. The zero-order valence-corrected chi connectivity index (χ0v) is 7.84. The van der Waals surface area contributed by atoms with Crippen molar-refractivity contribution in [2.75, 3.05) is 19.6 Å². The lowest BCUT2D eigenvalue weighted by Gasteiger charge is -2.22. The van der Waals surface area contributed by atoms with Gasteiger partial charge >= 0.3 is 0 Å². The second-order valence-corrected chi connectivity index (χ2v) is 4.31. The minimum Gasteiger partial charge on any atom is -0.330 e. The predicted molar refractivity (Wildman–Crippen MR) is 51.0 cm³/mol. The molecule has 2 nitrogen and oxygen atoms in total. The van der Waals surface area contributed by atoms with Gasteiger partial charge in [-0.3, -0.25) is 0 Å². The molecule has 2 heteroatoms. The third-order valence-corrected chi connectivity index (χ3v) is 3.50. The molecular weight excluding hydrogens is 148 g/mol. The van der Waals surface area contributed by atoms with E-state index in [1.807, 2.05) is 0 Å². The van der Waals surface area contributed by atoms with Gasteiger partial charge in [0.05, 0.1) is 0 Å². The molecule has 2 unspecified atom stereocenters. The van der Waals surface area contributed by atoms with Crippen LogP contribution >= 0.6 is 0 Å². The first-order valence-corrected chi connectivity index (χ1v) is 5.34. The Morgan fingerprint density at radius 2 is 1.92 bits per heavy atom. The van der Waals surface area contributed by atoms with Crippen molar-refractivity contribution < 1.29 is 0 Å². The van der Waals surface area contributed by atoms with Crippen LogP contribution in [0.1, 0.15) is 32.1 Å². The molecule has 0 radical (unpaired) electrons. The van der Waals surface area contributed by atoms with Crippen molar-refractivity contribution in [1.82, 2.24) is 4.90 Å². The number of nitrogens with zero attached hydrogens (tertiary/aromatic N) is 1. The molecule has 1 aliphatic carbocycles. The lowest BCUT2D eigenvalue weighted by Crippen LogP contribution is -2.30. The molecule has 1 aliphatic heterocycles. The SMILES string of the molecule is NCC1CCC(N2CCCC2)C1. The van der Waals surface area contributed by atoms with Crippen LogP contribution in [-0.2, 0) is 0 Å². The monoisotopic (exact) mass is 168 g/mol. The van der Waals surface area contributed by atoms with Crippen molar-refractivity contribution in [1.29, 1.82) is 0 Å². The molecule has 2 aliphatic rings. The molecular formula is C10H20N2. The summed E-state index contributed by atoms with van der Waals surface area (Å²) in [4.78, 5) is 2.68. The van der Waals surface area contributed by atoms with Crippen LogP contribution < -0.4 is 5.73 Å². The van der Waals surface area contributed by atoms with E-state index in [9.17, 15) is 0 Å². The van der Waals surface area contributed by atoms with Gasteiger partial charge in [0.2, 0.25) is 0 Å². The summed E-state index contributed by atoms with van der Waals surface area (Å²) >= 11 is 0. The van der Waals surface area contributed by atoms with E-state index in [4.69, 9.17) is 5.73 Å². The highest BCUT2D eigenvalue weighted by Gasteiger charge is 2.29. The summed E-state index contributed by atoms with van der Waals surface area (Å²) in [6.07, 6.45) is 6.99. The average molecular weight is 168 g/mol.